The van der Waals surface area contributed by atoms with Crippen LogP contribution in [0.2, 0.25) is 0 Å². The number of nitrogens with zero attached hydrogens (tertiary/aromatic N) is 1. The monoisotopic (exact) mass is 262 g/mol. The van der Waals surface area contributed by atoms with Gasteiger partial charge in [0.15, 0.2) is 0 Å². The van der Waals surface area contributed by atoms with Crippen LogP contribution in [0.15, 0.2) is 24.3 Å². The van der Waals surface area contributed by atoms with E-state index in [0.29, 0.717) is 0 Å². The zero-order valence-electron chi connectivity index (χ0n) is 10.9. The molecule has 2 N–H and O–H groups in total. The van der Waals surface area contributed by atoms with Gasteiger partial charge in [-0.1, -0.05) is 31.5 Å². The number of hydrogen-bond acceptors (Lipinski definition) is 2. The molecular weight excluding hydrogens is 244 g/mol. The van der Waals surface area contributed by atoms with Gasteiger partial charge in [-0.05, 0) is 18.1 Å². The van der Waals surface area contributed by atoms with Crippen molar-refractivity contribution in [3.8, 4) is 0 Å². The van der Waals surface area contributed by atoms with Gasteiger partial charge in [-0.2, -0.15) is 0 Å². The molecular formula is C14H18N2O3. The summed E-state index contributed by atoms with van der Waals surface area (Å²) in [6.07, 6.45) is 1.92. The molecule has 1 aliphatic heterocycles. The molecule has 0 saturated carbocycles. The topological polar surface area (TPSA) is 69.6 Å². The fourth-order valence-electron chi connectivity index (χ4n) is 2.12. The Morgan fingerprint density at radius 2 is 2.05 bits per heavy atom. The van der Waals surface area contributed by atoms with Gasteiger partial charge >= 0.3 is 12.0 Å². The highest BCUT2D eigenvalue weighted by Crippen LogP contribution is 2.20. The van der Waals surface area contributed by atoms with Crippen LogP contribution in [0.3, 0.4) is 0 Å². The van der Waals surface area contributed by atoms with Crippen LogP contribution in [0.1, 0.15) is 18.9 Å². The third kappa shape index (κ3) is 3.05. The number of urea groups is 1. The first-order chi connectivity index (χ1) is 9.11. The molecule has 0 spiro atoms. The highest BCUT2D eigenvalue weighted by atomic mass is 16.4. The van der Waals surface area contributed by atoms with Gasteiger partial charge in [-0.15, -0.1) is 0 Å². The van der Waals surface area contributed by atoms with E-state index in [0.717, 1.165) is 24.1 Å². The highest BCUT2D eigenvalue weighted by molar-refractivity contribution is 5.91. The predicted molar refractivity (Wildman–Crippen MR) is 72.2 cm³/mol. The van der Waals surface area contributed by atoms with Crippen LogP contribution < -0.4 is 5.32 Å². The lowest BCUT2D eigenvalue weighted by atomic mass is 10.0. The fourth-order valence-corrected chi connectivity index (χ4v) is 2.12. The van der Waals surface area contributed by atoms with Crippen molar-refractivity contribution >= 4 is 17.7 Å². The molecule has 5 heteroatoms. The van der Waals surface area contributed by atoms with E-state index in [4.69, 9.17) is 5.11 Å². The summed E-state index contributed by atoms with van der Waals surface area (Å²) in [7, 11) is 0. The SMILES string of the molecule is CCCc1ccccc1NC(=O)N1CC(C(=O)O)C1. The Morgan fingerprint density at radius 1 is 1.37 bits per heavy atom. The van der Waals surface area contributed by atoms with Gasteiger partial charge in [-0.3, -0.25) is 4.79 Å². The third-order valence-electron chi connectivity index (χ3n) is 3.30. The van der Waals surface area contributed by atoms with E-state index in [9.17, 15) is 9.59 Å². The number of aliphatic carboxylic acids is 1. The molecule has 0 unspecified atom stereocenters. The van der Waals surface area contributed by atoms with Crippen molar-refractivity contribution < 1.29 is 14.7 Å². The number of para-hydroxylation sites is 1. The standard InChI is InChI=1S/C14H18N2O3/c1-2-5-10-6-3-4-7-12(10)15-14(19)16-8-11(9-16)13(17)18/h3-4,6-7,11H,2,5,8-9H2,1H3,(H,15,19)(H,17,18). The minimum atomic E-state index is -0.838. The molecule has 0 bridgehead atoms. The summed E-state index contributed by atoms with van der Waals surface area (Å²) in [6, 6.07) is 7.48. The molecule has 1 aliphatic rings. The molecule has 1 fully saturated rings. The van der Waals surface area contributed by atoms with Crippen LogP contribution in [0.4, 0.5) is 10.5 Å². The van der Waals surface area contributed by atoms with E-state index in [2.05, 4.69) is 12.2 Å². The Morgan fingerprint density at radius 3 is 2.68 bits per heavy atom. The van der Waals surface area contributed by atoms with Gasteiger partial charge in [0, 0.05) is 18.8 Å². The molecule has 1 aromatic rings. The van der Waals surface area contributed by atoms with Crippen molar-refractivity contribution in [3.05, 3.63) is 29.8 Å². The van der Waals surface area contributed by atoms with E-state index in [1.54, 1.807) is 0 Å². The van der Waals surface area contributed by atoms with Gasteiger partial charge in [0.05, 0.1) is 5.92 Å². The molecule has 19 heavy (non-hydrogen) atoms. The number of nitrogens with one attached hydrogen (secondary N) is 1. The second kappa shape index (κ2) is 5.73. The minimum absolute atomic E-state index is 0.221. The first-order valence-corrected chi connectivity index (χ1v) is 6.48. The summed E-state index contributed by atoms with van der Waals surface area (Å²) in [6.45, 7) is 2.67. The molecule has 1 aromatic carbocycles. The van der Waals surface area contributed by atoms with Crippen LogP contribution >= 0.6 is 0 Å². The largest absolute Gasteiger partial charge is 0.481 e. The van der Waals surface area contributed by atoms with Gasteiger partial charge in [0.2, 0.25) is 0 Å². The highest BCUT2D eigenvalue weighted by Gasteiger charge is 2.35. The zero-order valence-corrected chi connectivity index (χ0v) is 10.9. The molecule has 0 aromatic heterocycles. The average Bonchev–Trinajstić information content (AvgIpc) is 2.29. The maximum atomic E-state index is 11.9. The molecule has 0 atom stereocenters. The van der Waals surface area contributed by atoms with Crippen LogP contribution in [0.25, 0.3) is 0 Å². The second-order valence-electron chi connectivity index (χ2n) is 4.78. The third-order valence-corrected chi connectivity index (χ3v) is 3.30. The fraction of sp³-hybridized carbons (Fsp3) is 0.429. The summed E-state index contributed by atoms with van der Waals surface area (Å²) in [5.41, 5.74) is 1.92. The average molecular weight is 262 g/mol. The van der Waals surface area contributed by atoms with E-state index >= 15 is 0 Å². The summed E-state index contributed by atoms with van der Waals surface area (Å²) in [5, 5.41) is 11.6. The molecule has 0 radical (unpaired) electrons. The van der Waals surface area contributed by atoms with E-state index in [-0.39, 0.29) is 19.1 Å². The molecule has 2 rings (SSSR count). The summed E-state index contributed by atoms with van der Waals surface area (Å²) >= 11 is 0. The number of aryl methyl sites for hydroxylation is 1. The summed E-state index contributed by atoms with van der Waals surface area (Å²) < 4.78 is 0. The Hall–Kier alpha value is -2.04. The maximum absolute atomic E-state index is 11.9. The van der Waals surface area contributed by atoms with Crippen LogP contribution in [0.5, 0.6) is 0 Å². The first kappa shape index (κ1) is 13.4. The first-order valence-electron chi connectivity index (χ1n) is 6.48. The number of anilines is 1. The molecule has 102 valence electrons. The van der Waals surface area contributed by atoms with E-state index in [1.807, 2.05) is 24.3 Å². The molecule has 1 saturated heterocycles. The lowest BCUT2D eigenvalue weighted by molar-refractivity contribution is -0.145. The number of likely N-dealkylation sites (tertiary alicyclic amines) is 1. The number of carbonyl (C=O) groups excluding carboxylic acids is 1. The predicted octanol–water partition coefficient (Wildman–Crippen LogP) is 2.19. The number of carbonyl (C=O) groups is 2. The minimum Gasteiger partial charge on any atom is -0.481 e. The number of carboxylic acid groups (broad SMARTS) is 1. The van der Waals surface area contributed by atoms with Gasteiger partial charge in [0.1, 0.15) is 0 Å². The van der Waals surface area contributed by atoms with E-state index < -0.39 is 11.9 Å². The Labute approximate surface area is 112 Å². The quantitative estimate of drug-likeness (QED) is 0.873. The van der Waals surface area contributed by atoms with Crippen molar-refractivity contribution in [3.63, 3.8) is 0 Å². The normalized spacial score (nSPS) is 14.9. The van der Waals surface area contributed by atoms with E-state index in [1.165, 1.54) is 4.90 Å². The van der Waals surface area contributed by atoms with Crippen molar-refractivity contribution in [1.29, 1.82) is 0 Å². The number of amides is 2. The number of benzene rings is 1. The van der Waals surface area contributed by atoms with Gasteiger partial charge in [-0.25, -0.2) is 4.79 Å². The molecule has 2 amide bonds. The van der Waals surface area contributed by atoms with Crippen molar-refractivity contribution in [2.24, 2.45) is 5.92 Å². The molecule has 1 heterocycles. The maximum Gasteiger partial charge on any atom is 0.321 e. The van der Waals surface area contributed by atoms with Gasteiger partial charge in [0.25, 0.3) is 0 Å². The van der Waals surface area contributed by atoms with Crippen LogP contribution in [-0.2, 0) is 11.2 Å². The van der Waals surface area contributed by atoms with Crippen LogP contribution in [-0.4, -0.2) is 35.1 Å². The Balaban J connectivity index is 1.95. The van der Waals surface area contributed by atoms with Gasteiger partial charge < -0.3 is 15.3 Å². The smallest absolute Gasteiger partial charge is 0.321 e. The lowest BCUT2D eigenvalue weighted by Gasteiger charge is -2.36. The molecule has 0 aliphatic carbocycles. The Kier molecular flexibility index (Phi) is 4.04. The number of hydrogen-bond donors (Lipinski definition) is 2. The Bertz CT molecular complexity index is 481. The number of rotatable bonds is 4. The van der Waals surface area contributed by atoms with Crippen molar-refractivity contribution in [2.45, 2.75) is 19.8 Å². The molecule has 5 nitrogen and oxygen atoms in total. The summed E-state index contributed by atoms with van der Waals surface area (Å²) in [4.78, 5) is 24.1. The lowest BCUT2D eigenvalue weighted by Crippen LogP contribution is -2.54. The number of carboxylic acids is 1. The zero-order chi connectivity index (χ0) is 13.8. The van der Waals surface area contributed by atoms with Crippen LogP contribution in [0, 0.1) is 5.92 Å². The second-order valence-corrected chi connectivity index (χ2v) is 4.78. The van der Waals surface area contributed by atoms with Crippen molar-refractivity contribution in [2.75, 3.05) is 18.4 Å². The summed E-state index contributed by atoms with van der Waals surface area (Å²) in [5.74, 6) is -1.26. The van der Waals surface area contributed by atoms with Crippen molar-refractivity contribution in [1.82, 2.24) is 4.90 Å².